The second-order valence-corrected chi connectivity index (χ2v) is 4.54. The molecule has 0 aliphatic rings. The molecule has 2 N–H and O–H groups in total. The minimum atomic E-state index is 0.126. The van der Waals surface area contributed by atoms with Crippen LogP contribution in [0.2, 0.25) is 0 Å². The summed E-state index contributed by atoms with van der Waals surface area (Å²) in [6.45, 7) is 3.80. The predicted octanol–water partition coefficient (Wildman–Crippen LogP) is 4.13. The fourth-order valence-electron chi connectivity index (χ4n) is 2.04. The highest BCUT2D eigenvalue weighted by Gasteiger charge is 2.09. The minimum absolute atomic E-state index is 0.126. The van der Waals surface area contributed by atoms with Crippen molar-refractivity contribution in [3.63, 3.8) is 0 Å². The molecular formula is C17H19NO2. The van der Waals surface area contributed by atoms with Crippen LogP contribution in [0.3, 0.4) is 0 Å². The van der Waals surface area contributed by atoms with E-state index < -0.39 is 0 Å². The monoisotopic (exact) mass is 269 g/mol. The molecule has 0 heterocycles. The second kappa shape index (κ2) is 6.66. The zero-order chi connectivity index (χ0) is 14.4. The first kappa shape index (κ1) is 14.0. The van der Waals surface area contributed by atoms with Crippen LogP contribution >= 0.6 is 0 Å². The van der Waals surface area contributed by atoms with Gasteiger partial charge in [-0.05, 0) is 48.4 Å². The molecule has 0 amide bonds. The van der Waals surface area contributed by atoms with Gasteiger partial charge in [-0.15, -0.1) is 6.58 Å². The van der Waals surface area contributed by atoms with E-state index in [4.69, 9.17) is 4.74 Å². The van der Waals surface area contributed by atoms with E-state index in [1.807, 2.05) is 42.5 Å². The first-order chi connectivity index (χ1) is 9.72. The van der Waals surface area contributed by atoms with E-state index in [-0.39, 0.29) is 11.8 Å². The van der Waals surface area contributed by atoms with Crippen molar-refractivity contribution in [3.05, 3.63) is 66.7 Å². The molecule has 0 radical (unpaired) electrons. The highest BCUT2D eigenvalue weighted by molar-refractivity contribution is 5.48. The lowest BCUT2D eigenvalue weighted by Gasteiger charge is -2.19. The largest absolute Gasteiger partial charge is 0.508 e. The van der Waals surface area contributed by atoms with E-state index in [9.17, 15) is 5.11 Å². The maximum absolute atomic E-state index is 9.36. The van der Waals surface area contributed by atoms with Gasteiger partial charge in [-0.1, -0.05) is 18.2 Å². The summed E-state index contributed by atoms with van der Waals surface area (Å²) in [6.07, 6.45) is 2.69. The molecule has 0 bridgehead atoms. The molecule has 0 fully saturated rings. The van der Waals surface area contributed by atoms with Crippen molar-refractivity contribution in [3.8, 4) is 11.5 Å². The number of phenolic OH excluding ortho intramolecular Hbond substituents is 1. The summed E-state index contributed by atoms with van der Waals surface area (Å²) in [4.78, 5) is 0. The Kier molecular flexibility index (Phi) is 4.66. The van der Waals surface area contributed by atoms with Crippen LogP contribution in [0, 0.1) is 0 Å². The van der Waals surface area contributed by atoms with Gasteiger partial charge in [0, 0.05) is 5.69 Å². The summed E-state index contributed by atoms with van der Waals surface area (Å²) >= 11 is 0. The highest BCUT2D eigenvalue weighted by atomic mass is 16.5. The van der Waals surface area contributed by atoms with Gasteiger partial charge in [-0.25, -0.2) is 0 Å². The highest BCUT2D eigenvalue weighted by Crippen LogP contribution is 2.25. The van der Waals surface area contributed by atoms with Gasteiger partial charge in [0.25, 0.3) is 0 Å². The van der Waals surface area contributed by atoms with E-state index in [2.05, 4.69) is 11.9 Å². The van der Waals surface area contributed by atoms with E-state index in [1.165, 1.54) is 0 Å². The van der Waals surface area contributed by atoms with Crippen molar-refractivity contribution in [2.24, 2.45) is 0 Å². The van der Waals surface area contributed by atoms with Crippen LogP contribution in [0.5, 0.6) is 11.5 Å². The Morgan fingerprint density at radius 2 is 1.80 bits per heavy atom. The third-order valence-electron chi connectivity index (χ3n) is 3.13. The smallest absolute Gasteiger partial charge is 0.119 e. The third kappa shape index (κ3) is 3.54. The van der Waals surface area contributed by atoms with Gasteiger partial charge >= 0.3 is 0 Å². The number of anilines is 1. The van der Waals surface area contributed by atoms with Crippen LogP contribution in [0.15, 0.2) is 61.2 Å². The molecule has 2 aromatic rings. The zero-order valence-electron chi connectivity index (χ0n) is 11.5. The van der Waals surface area contributed by atoms with Crippen LogP contribution < -0.4 is 10.1 Å². The number of nitrogens with one attached hydrogen (secondary N) is 1. The molecule has 0 aliphatic heterocycles. The Balaban J connectivity index is 2.15. The molecule has 104 valence electrons. The number of ether oxygens (including phenoxy) is 1. The van der Waals surface area contributed by atoms with Crippen molar-refractivity contribution >= 4 is 5.69 Å². The Hall–Kier alpha value is -2.42. The first-order valence-corrected chi connectivity index (χ1v) is 6.53. The van der Waals surface area contributed by atoms with Crippen molar-refractivity contribution < 1.29 is 9.84 Å². The summed E-state index contributed by atoms with van der Waals surface area (Å²) in [7, 11) is 1.65. The molecule has 1 unspecified atom stereocenters. The quantitative estimate of drug-likeness (QED) is 0.775. The maximum Gasteiger partial charge on any atom is 0.119 e. The van der Waals surface area contributed by atoms with Crippen LogP contribution in [0.1, 0.15) is 18.0 Å². The number of benzene rings is 2. The van der Waals surface area contributed by atoms with Gasteiger partial charge in [0.15, 0.2) is 0 Å². The van der Waals surface area contributed by atoms with E-state index in [0.717, 1.165) is 23.4 Å². The van der Waals surface area contributed by atoms with Crippen molar-refractivity contribution in [2.75, 3.05) is 12.4 Å². The maximum atomic E-state index is 9.36. The molecule has 0 spiro atoms. The number of phenols is 1. The molecule has 2 aromatic carbocycles. The average Bonchev–Trinajstić information content (AvgIpc) is 2.48. The number of hydrogen-bond donors (Lipinski definition) is 2. The van der Waals surface area contributed by atoms with Crippen LogP contribution in [0.25, 0.3) is 0 Å². The lowest BCUT2D eigenvalue weighted by Crippen LogP contribution is -2.09. The van der Waals surface area contributed by atoms with Gasteiger partial charge in [-0.3, -0.25) is 0 Å². The molecule has 0 saturated heterocycles. The van der Waals surface area contributed by atoms with Crippen LogP contribution in [-0.4, -0.2) is 12.2 Å². The molecule has 3 heteroatoms. The SMILES string of the molecule is C=CCC(Nc1ccc(OC)cc1)c1ccc(O)cc1. The summed E-state index contributed by atoms with van der Waals surface area (Å²) in [5.41, 5.74) is 2.13. The summed E-state index contributed by atoms with van der Waals surface area (Å²) < 4.78 is 5.15. The Labute approximate surface area is 119 Å². The van der Waals surface area contributed by atoms with E-state index in [1.54, 1.807) is 19.2 Å². The van der Waals surface area contributed by atoms with Gasteiger partial charge in [-0.2, -0.15) is 0 Å². The lowest BCUT2D eigenvalue weighted by atomic mass is 10.0. The molecule has 2 rings (SSSR count). The van der Waals surface area contributed by atoms with E-state index in [0.29, 0.717) is 0 Å². The zero-order valence-corrected chi connectivity index (χ0v) is 11.5. The number of aromatic hydroxyl groups is 1. The van der Waals surface area contributed by atoms with Gasteiger partial charge in [0.2, 0.25) is 0 Å². The first-order valence-electron chi connectivity index (χ1n) is 6.53. The number of hydrogen-bond acceptors (Lipinski definition) is 3. The topological polar surface area (TPSA) is 41.5 Å². The Morgan fingerprint density at radius 3 is 2.35 bits per heavy atom. The van der Waals surface area contributed by atoms with Crippen molar-refractivity contribution in [1.29, 1.82) is 0 Å². The molecular weight excluding hydrogens is 250 g/mol. The average molecular weight is 269 g/mol. The van der Waals surface area contributed by atoms with Gasteiger partial charge < -0.3 is 15.2 Å². The standard InChI is InChI=1S/C17H19NO2/c1-3-4-17(13-5-9-15(19)10-6-13)18-14-7-11-16(20-2)12-8-14/h3,5-12,17-19H,1,4H2,2H3. The predicted molar refractivity (Wildman–Crippen MR) is 82.3 cm³/mol. The molecule has 1 atom stereocenters. The Bertz CT molecular complexity index is 546. The normalized spacial score (nSPS) is 11.7. The van der Waals surface area contributed by atoms with Gasteiger partial charge in [0.05, 0.1) is 13.2 Å². The third-order valence-corrected chi connectivity index (χ3v) is 3.13. The molecule has 0 aliphatic carbocycles. The molecule has 3 nitrogen and oxygen atoms in total. The van der Waals surface area contributed by atoms with Crippen molar-refractivity contribution in [1.82, 2.24) is 0 Å². The molecule has 0 saturated carbocycles. The number of methoxy groups -OCH3 is 1. The minimum Gasteiger partial charge on any atom is -0.508 e. The van der Waals surface area contributed by atoms with E-state index >= 15 is 0 Å². The second-order valence-electron chi connectivity index (χ2n) is 4.54. The number of rotatable bonds is 6. The summed E-state index contributed by atoms with van der Waals surface area (Å²) in [5.74, 6) is 1.11. The molecule has 20 heavy (non-hydrogen) atoms. The fraction of sp³-hybridized carbons (Fsp3) is 0.176. The Morgan fingerprint density at radius 1 is 1.15 bits per heavy atom. The van der Waals surface area contributed by atoms with Crippen LogP contribution in [-0.2, 0) is 0 Å². The molecule has 0 aromatic heterocycles. The summed E-state index contributed by atoms with van der Waals surface area (Å²) in [6, 6.07) is 15.2. The van der Waals surface area contributed by atoms with Crippen molar-refractivity contribution in [2.45, 2.75) is 12.5 Å². The fourth-order valence-corrected chi connectivity index (χ4v) is 2.04. The summed E-state index contributed by atoms with van der Waals surface area (Å²) in [5, 5.41) is 12.8. The lowest BCUT2D eigenvalue weighted by molar-refractivity contribution is 0.415. The van der Waals surface area contributed by atoms with Gasteiger partial charge in [0.1, 0.15) is 11.5 Å². The van der Waals surface area contributed by atoms with Crippen LogP contribution in [0.4, 0.5) is 5.69 Å².